The van der Waals surface area contributed by atoms with Crippen LogP contribution in [0.15, 0.2) is 30.3 Å². The fourth-order valence-corrected chi connectivity index (χ4v) is 4.62. The van der Waals surface area contributed by atoms with Crippen molar-refractivity contribution in [1.29, 1.82) is 0 Å². The molecule has 0 saturated heterocycles. The Morgan fingerprint density at radius 2 is 1.23 bits per heavy atom. The Bertz CT molecular complexity index is 1250. The molecular formula is C33H50N4O10. The molecule has 1 aliphatic rings. The molecule has 0 spiro atoms. The maximum atomic E-state index is 13.3. The highest BCUT2D eigenvalue weighted by atomic mass is 16.6. The van der Waals surface area contributed by atoms with Crippen LogP contribution in [-0.4, -0.2) is 134 Å². The molecule has 0 aromatic heterocycles. The Balaban J connectivity index is 1.31. The van der Waals surface area contributed by atoms with E-state index in [0.29, 0.717) is 109 Å². The molecule has 1 heterocycles. The van der Waals surface area contributed by atoms with Gasteiger partial charge in [0.25, 0.3) is 11.8 Å². The third kappa shape index (κ3) is 13.3. The Kier molecular flexibility index (Phi) is 16.8. The van der Waals surface area contributed by atoms with E-state index < -0.39 is 11.7 Å². The number of rotatable bonds is 24. The van der Waals surface area contributed by atoms with Crippen LogP contribution in [0.3, 0.4) is 0 Å². The van der Waals surface area contributed by atoms with Crippen LogP contribution in [0.1, 0.15) is 41.5 Å². The Morgan fingerprint density at radius 1 is 0.702 bits per heavy atom. The van der Waals surface area contributed by atoms with Crippen LogP contribution < -0.4 is 16.4 Å². The molecule has 0 bridgehead atoms. The minimum Gasteiger partial charge on any atom is -0.444 e. The first-order chi connectivity index (χ1) is 22.7. The van der Waals surface area contributed by atoms with E-state index in [-0.39, 0.29) is 25.0 Å². The summed E-state index contributed by atoms with van der Waals surface area (Å²) in [4.78, 5) is 39.4. The average molecular weight is 663 g/mol. The number of nitrogens with zero attached hydrogens (tertiary/aromatic N) is 1. The third-order valence-corrected chi connectivity index (χ3v) is 6.68. The summed E-state index contributed by atoms with van der Waals surface area (Å²) in [7, 11) is 0. The van der Waals surface area contributed by atoms with Gasteiger partial charge in [-0.15, -0.1) is 0 Å². The van der Waals surface area contributed by atoms with Gasteiger partial charge in [-0.05, 0) is 39.0 Å². The summed E-state index contributed by atoms with van der Waals surface area (Å²) >= 11 is 0. The molecule has 2 aromatic carbocycles. The molecule has 0 atom stereocenters. The van der Waals surface area contributed by atoms with Gasteiger partial charge in [0.1, 0.15) is 5.60 Å². The van der Waals surface area contributed by atoms with Crippen LogP contribution in [0.4, 0.5) is 10.5 Å². The first kappa shape index (κ1) is 38.1. The third-order valence-electron chi connectivity index (χ3n) is 6.68. The smallest absolute Gasteiger partial charge is 0.407 e. The normalized spacial score (nSPS) is 13.0. The number of hydrogen-bond donors (Lipinski definition) is 3. The van der Waals surface area contributed by atoms with Crippen molar-refractivity contribution in [1.82, 2.24) is 10.2 Å². The van der Waals surface area contributed by atoms with Crippen LogP contribution >= 0.6 is 0 Å². The summed E-state index contributed by atoms with van der Waals surface area (Å²) in [5, 5.41) is 7.42. The van der Waals surface area contributed by atoms with Gasteiger partial charge in [0.15, 0.2) is 0 Å². The van der Waals surface area contributed by atoms with Crippen LogP contribution in [0.25, 0.3) is 10.8 Å². The largest absolute Gasteiger partial charge is 0.444 e. The highest BCUT2D eigenvalue weighted by Gasteiger charge is 2.33. The second-order valence-corrected chi connectivity index (χ2v) is 11.5. The molecule has 3 amide bonds. The minimum atomic E-state index is -0.544. The predicted molar refractivity (Wildman–Crippen MR) is 176 cm³/mol. The minimum absolute atomic E-state index is 0.128. The average Bonchev–Trinajstić information content (AvgIpc) is 3.03. The molecule has 0 fully saturated rings. The molecule has 0 unspecified atom stereocenters. The second kappa shape index (κ2) is 20.8. The SMILES string of the molecule is CC(C)(C)OC(=O)NCCOCCOCCOCCN1C(=O)c2cccc3c(NCCOCCOCCOCCN)ccc(c23)C1=O. The lowest BCUT2D eigenvalue weighted by Crippen LogP contribution is -2.42. The van der Waals surface area contributed by atoms with Crippen molar-refractivity contribution in [2.75, 3.05) is 111 Å². The second-order valence-electron chi connectivity index (χ2n) is 11.5. The first-order valence-electron chi connectivity index (χ1n) is 16.0. The number of ether oxygens (including phenoxy) is 7. The monoisotopic (exact) mass is 662 g/mol. The number of imide groups is 1. The standard InChI is InChI=1S/C33H50N4O10/c1-33(2,3)47-32(40)36-11-15-43-19-23-46-24-20-44-16-12-37-30(38)26-6-4-5-25-28(8-7-27(29(25)26)31(37)39)35-10-14-42-18-22-45-21-17-41-13-9-34/h4-8,35H,9-24,34H2,1-3H3,(H,36,40). The molecule has 0 saturated carbocycles. The van der Waals surface area contributed by atoms with E-state index in [2.05, 4.69) is 10.6 Å². The summed E-state index contributed by atoms with van der Waals surface area (Å²) in [5.74, 6) is -0.694. The van der Waals surface area contributed by atoms with E-state index in [4.69, 9.17) is 38.9 Å². The number of benzene rings is 2. The fraction of sp³-hybridized carbons (Fsp3) is 0.606. The summed E-state index contributed by atoms with van der Waals surface area (Å²) in [6, 6.07) is 9.07. The first-order valence-corrected chi connectivity index (χ1v) is 16.0. The van der Waals surface area contributed by atoms with Gasteiger partial charge in [0.05, 0.1) is 85.8 Å². The van der Waals surface area contributed by atoms with Crippen LogP contribution in [-0.2, 0) is 33.2 Å². The molecule has 3 rings (SSSR count). The van der Waals surface area contributed by atoms with Crippen LogP contribution in [0.5, 0.6) is 0 Å². The van der Waals surface area contributed by atoms with Crippen molar-refractivity contribution in [3.8, 4) is 0 Å². The topological polar surface area (TPSA) is 169 Å². The summed E-state index contributed by atoms with van der Waals surface area (Å²) in [5.41, 5.74) is 6.61. The van der Waals surface area contributed by atoms with E-state index >= 15 is 0 Å². The Labute approximate surface area is 276 Å². The van der Waals surface area contributed by atoms with Gasteiger partial charge in [-0.2, -0.15) is 0 Å². The van der Waals surface area contributed by atoms with Crippen molar-refractivity contribution in [3.63, 3.8) is 0 Å². The molecule has 1 aliphatic heterocycles. The Morgan fingerprint density at radius 3 is 1.83 bits per heavy atom. The lowest BCUT2D eigenvalue weighted by Gasteiger charge is -2.27. The van der Waals surface area contributed by atoms with E-state index in [1.807, 2.05) is 18.2 Å². The number of carbonyl (C=O) groups is 3. The van der Waals surface area contributed by atoms with Crippen LogP contribution in [0, 0.1) is 0 Å². The maximum Gasteiger partial charge on any atom is 0.407 e. The van der Waals surface area contributed by atoms with E-state index in [0.717, 1.165) is 11.1 Å². The number of carbonyl (C=O) groups excluding carboxylic acids is 3. The lowest BCUT2D eigenvalue weighted by atomic mass is 9.93. The van der Waals surface area contributed by atoms with Gasteiger partial charge < -0.3 is 49.5 Å². The zero-order valence-electron chi connectivity index (χ0n) is 27.8. The van der Waals surface area contributed by atoms with E-state index in [1.165, 1.54) is 4.90 Å². The van der Waals surface area contributed by atoms with Gasteiger partial charge in [-0.1, -0.05) is 12.1 Å². The van der Waals surface area contributed by atoms with Gasteiger partial charge in [0, 0.05) is 47.2 Å². The summed E-state index contributed by atoms with van der Waals surface area (Å²) in [6.45, 7) is 11.7. The highest BCUT2D eigenvalue weighted by Crippen LogP contribution is 2.34. The van der Waals surface area contributed by atoms with E-state index in [1.54, 1.807) is 32.9 Å². The van der Waals surface area contributed by atoms with Gasteiger partial charge in [-0.3, -0.25) is 14.5 Å². The van der Waals surface area contributed by atoms with E-state index in [9.17, 15) is 14.4 Å². The van der Waals surface area contributed by atoms with Gasteiger partial charge in [0.2, 0.25) is 0 Å². The zero-order chi connectivity index (χ0) is 33.9. The number of nitrogens with one attached hydrogen (secondary N) is 2. The van der Waals surface area contributed by atoms with Crippen LogP contribution in [0.2, 0.25) is 0 Å². The number of anilines is 1. The zero-order valence-corrected chi connectivity index (χ0v) is 27.8. The van der Waals surface area contributed by atoms with Gasteiger partial charge >= 0.3 is 6.09 Å². The Hall–Kier alpha value is -3.37. The lowest BCUT2D eigenvalue weighted by molar-refractivity contribution is 0.0105. The molecule has 0 radical (unpaired) electrons. The molecule has 4 N–H and O–H groups in total. The van der Waals surface area contributed by atoms with Crippen molar-refractivity contribution in [2.24, 2.45) is 5.73 Å². The quantitative estimate of drug-likeness (QED) is 0.111. The molecule has 47 heavy (non-hydrogen) atoms. The predicted octanol–water partition coefficient (Wildman–Crippen LogP) is 2.43. The van der Waals surface area contributed by atoms with Crippen molar-refractivity contribution >= 4 is 34.4 Å². The summed E-state index contributed by atoms with van der Waals surface area (Å²) in [6.07, 6.45) is -0.483. The van der Waals surface area contributed by atoms with Crippen molar-refractivity contribution in [3.05, 3.63) is 41.5 Å². The molecule has 262 valence electrons. The summed E-state index contributed by atoms with van der Waals surface area (Å²) < 4.78 is 38.0. The van der Waals surface area contributed by atoms with Gasteiger partial charge in [-0.25, -0.2) is 4.79 Å². The molecule has 2 aromatic rings. The number of alkyl carbamates (subject to hydrolysis) is 1. The van der Waals surface area contributed by atoms with Crippen molar-refractivity contribution < 1.29 is 47.5 Å². The number of nitrogens with two attached hydrogens (primary N) is 1. The maximum absolute atomic E-state index is 13.3. The number of hydrogen-bond acceptors (Lipinski definition) is 12. The highest BCUT2D eigenvalue weighted by molar-refractivity contribution is 6.26. The molecular weight excluding hydrogens is 612 g/mol. The molecule has 14 heteroatoms. The fourth-order valence-electron chi connectivity index (χ4n) is 4.62. The van der Waals surface area contributed by atoms with Crippen molar-refractivity contribution in [2.45, 2.75) is 26.4 Å². The molecule has 0 aliphatic carbocycles. The number of amides is 3. The molecule has 14 nitrogen and oxygen atoms in total.